The van der Waals surface area contributed by atoms with Crippen LogP contribution in [0.2, 0.25) is 0 Å². The maximum absolute atomic E-state index is 9.31. The molecule has 1 aliphatic rings. The molecular formula is C22H40N6O. The summed E-state index contributed by atoms with van der Waals surface area (Å²) < 4.78 is 0. The Morgan fingerprint density at radius 1 is 1.21 bits per heavy atom. The van der Waals surface area contributed by atoms with E-state index in [1.54, 1.807) is 0 Å². The van der Waals surface area contributed by atoms with Gasteiger partial charge in [0.15, 0.2) is 5.96 Å². The van der Waals surface area contributed by atoms with Crippen molar-refractivity contribution in [1.29, 1.82) is 0 Å². The molecule has 0 radical (unpaired) electrons. The van der Waals surface area contributed by atoms with Crippen LogP contribution in [0.1, 0.15) is 39.2 Å². The van der Waals surface area contributed by atoms with E-state index in [4.69, 9.17) is 4.99 Å². The minimum absolute atomic E-state index is 0.234. The molecule has 1 fully saturated rings. The molecule has 0 bridgehead atoms. The molecule has 29 heavy (non-hydrogen) atoms. The Morgan fingerprint density at radius 2 is 1.97 bits per heavy atom. The monoisotopic (exact) mass is 404 g/mol. The van der Waals surface area contributed by atoms with E-state index in [9.17, 15) is 5.11 Å². The highest BCUT2D eigenvalue weighted by molar-refractivity contribution is 5.79. The van der Waals surface area contributed by atoms with Crippen LogP contribution < -0.4 is 15.5 Å². The number of aliphatic hydroxyl groups is 1. The Morgan fingerprint density at radius 3 is 2.55 bits per heavy atom. The maximum atomic E-state index is 9.31. The van der Waals surface area contributed by atoms with Crippen molar-refractivity contribution >= 4 is 11.8 Å². The van der Waals surface area contributed by atoms with Gasteiger partial charge in [0.05, 0.1) is 6.54 Å². The first kappa shape index (κ1) is 23.4. The van der Waals surface area contributed by atoms with Crippen LogP contribution in [0.25, 0.3) is 0 Å². The summed E-state index contributed by atoms with van der Waals surface area (Å²) in [6.07, 6.45) is 3.86. The number of aliphatic imine (C=N–C) groups is 1. The number of nitrogens with one attached hydrogen (secondary N) is 2. The van der Waals surface area contributed by atoms with Gasteiger partial charge < -0.3 is 25.5 Å². The third kappa shape index (κ3) is 8.58. The summed E-state index contributed by atoms with van der Waals surface area (Å²) in [4.78, 5) is 14.1. The zero-order valence-corrected chi connectivity index (χ0v) is 18.7. The van der Waals surface area contributed by atoms with Crippen molar-refractivity contribution in [3.63, 3.8) is 0 Å². The van der Waals surface area contributed by atoms with Crippen LogP contribution in [0.5, 0.6) is 0 Å². The van der Waals surface area contributed by atoms with Gasteiger partial charge in [-0.15, -0.1) is 0 Å². The van der Waals surface area contributed by atoms with Crippen molar-refractivity contribution in [2.75, 3.05) is 57.8 Å². The van der Waals surface area contributed by atoms with Gasteiger partial charge in [0.25, 0.3) is 0 Å². The van der Waals surface area contributed by atoms with Crippen LogP contribution in [-0.4, -0.2) is 73.9 Å². The average Bonchev–Trinajstić information content (AvgIpc) is 2.71. The third-order valence-electron chi connectivity index (χ3n) is 5.30. The van der Waals surface area contributed by atoms with Crippen molar-refractivity contribution in [3.8, 4) is 0 Å². The molecule has 1 aromatic rings. The second kappa shape index (κ2) is 12.6. The lowest BCUT2D eigenvalue weighted by Gasteiger charge is -2.33. The van der Waals surface area contributed by atoms with Crippen LogP contribution in [0, 0.1) is 11.8 Å². The molecule has 2 rings (SSSR count). The lowest BCUT2D eigenvalue weighted by molar-refractivity contribution is 0.243. The van der Waals surface area contributed by atoms with Gasteiger partial charge in [0.1, 0.15) is 5.82 Å². The number of aliphatic hydroxyl groups excluding tert-OH is 1. The number of hydrogen-bond acceptors (Lipinski definition) is 5. The van der Waals surface area contributed by atoms with E-state index in [1.807, 2.05) is 6.20 Å². The Kier molecular flexibility index (Phi) is 10.2. The number of piperazine rings is 1. The molecule has 0 aliphatic carbocycles. The summed E-state index contributed by atoms with van der Waals surface area (Å²) in [5.41, 5.74) is 1.11. The van der Waals surface area contributed by atoms with Gasteiger partial charge >= 0.3 is 0 Å². The number of aromatic nitrogens is 1. The number of pyridine rings is 1. The largest absolute Gasteiger partial charge is 0.396 e. The number of likely N-dealkylation sites (N-methyl/N-ethyl adjacent to an activating group) is 1. The van der Waals surface area contributed by atoms with Gasteiger partial charge in [-0.3, -0.25) is 0 Å². The molecule has 1 aliphatic heterocycles. The Labute approximate surface area is 176 Å². The zero-order valence-electron chi connectivity index (χ0n) is 18.7. The molecule has 2 heterocycles. The van der Waals surface area contributed by atoms with Gasteiger partial charge in [0, 0.05) is 52.1 Å². The van der Waals surface area contributed by atoms with Crippen molar-refractivity contribution < 1.29 is 5.11 Å². The summed E-state index contributed by atoms with van der Waals surface area (Å²) >= 11 is 0. The summed E-state index contributed by atoms with van der Waals surface area (Å²) in [5, 5.41) is 16.1. The van der Waals surface area contributed by atoms with Crippen LogP contribution in [0.15, 0.2) is 23.3 Å². The SMILES string of the molecule is CCNC(=NCc1ccc(N2CCN(C)CC2)nc1)NCC(CCO)CC(C)C. The molecule has 164 valence electrons. The predicted molar refractivity (Wildman–Crippen MR) is 121 cm³/mol. The van der Waals surface area contributed by atoms with Crippen molar-refractivity contribution in [3.05, 3.63) is 23.9 Å². The van der Waals surface area contributed by atoms with E-state index >= 15 is 0 Å². The number of guanidine groups is 1. The molecule has 0 saturated carbocycles. The Balaban J connectivity index is 1.89. The maximum Gasteiger partial charge on any atom is 0.191 e. The van der Waals surface area contributed by atoms with Crippen LogP contribution in [-0.2, 0) is 6.54 Å². The Bertz CT molecular complexity index is 596. The smallest absolute Gasteiger partial charge is 0.191 e. The standard InChI is InChI=1S/C22H40N6O/c1-5-23-22(25-15-19(8-13-29)14-18(2)3)26-17-20-6-7-21(24-16-20)28-11-9-27(4)10-12-28/h6-7,16,18-19,29H,5,8-15,17H2,1-4H3,(H2,23,25,26). The molecule has 0 aromatic carbocycles. The minimum Gasteiger partial charge on any atom is -0.396 e. The number of anilines is 1. The number of rotatable bonds is 10. The molecule has 1 saturated heterocycles. The first-order valence-corrected chi connectivity index (χ1v) is 11.0. The van der Waals surface area contributed by atoms with Gasteiger partial charge in [0.2, 0.25) is 0 Å². The fraction of sp³-hybridized carbons (Fsp3) is 0.727. The van der Waals surface area contributed by atoms with E-state index in [0.717, 1.165) is 69.5 Å². The quantitative estimate of drug-likeness (QED) is 0.409. The van der Waals surface area contributed by atoms with Crippen molar-refractivity contribution in [2.24, 2.45) is 16.8 Å². The molecule has 7 heteroatoms. The van der Waals surface area contributed by atoms with E-state index in [0.29, 0.717) is 18.4 Å². The molecule has 3 N–H and O–H groups in total. The van der Waals surface area contributed by atoms with E-state index in [-0.39, 0.29) is 6.61 Å². The van der Waals surface area contributed by atoms with Gasteiger partial charge in [-0.25, -0.2) is 9.98 Å². The lowest BCUT2D eigenvalue weighted by Crippen LogP contribution is -2.44. The summed E-state index contributed by atoms with van der Waals surface area (Å²) in [5.74, 6) is 2.95. The average molecular weight is 405 g/mol. The molecule has 1 aromatic heterocycles. The van der Waals surface area contributed by atoms with Crippen molar-refractivity contribution in [1.82, 2.24) is 20.5 Å². The van der Waals surface area contributed by atoms with Crippen LogP contribution in [0.4, 0.5) is 5.82 Å². The van der Waals surface area contributed by atoms with Crippen LogP contribution in [0.3, 0.4) is 0 Å². The Hall–Kier alpha value is -1.86. The molecule has 0 amide bonds. The minimum atomic E-state index is 0.234. The molecule has 1 atom stereocenters. The van der Waals surface area contributed by atoms with E-state index in [2.05, 4.69) is 65.4 Å². The van der Waals surface area contributed by atoms with Gasteiger partial charge in [-0.05, 0) is 50.3 Å². The third-order valence-corrected chi connectivity index (χ3v) is 5.30. The zero-order chi connectivity index (χ0) is 21.1. The normalized spacial score (nSPS) is 16.9. The van der Waals surface area contributed by atoms with Gasteiger partial charge in [-0.1, -0.05) is 19.9 Å². The second-order valence-electron chi connectivity index (χ2n) is 8.40. The summed E-state index contributed by atoms with van der Waals surface area (Å²) in [6, 6.07) is 4.23. The molecule has 1 unspecified atom stereocenters. The highest BCUT2D eigenvalue weighted by Crippen LogP contribution is 2.15. The highest BCUT2D eigenvalue weighted by Gasteiger charge is 2.15. The van der Waals surface area contributed by atoms with E-state index in [1.165, 1.54) is 0 Å². The molecule has 7 nitrogen and oxygen atoms in total. The van der Waals surface area contributed by atoms with E-state index < -0.39 is 0 Å². The fourth-order valence-electron chi connectivity index (χ4n) is 3.64. The lowest BCUT2D eigenvalue weighted by atomic mass is 9.94. The highest BCUT2D eigenvalue weighted by atomic mass is 16.3. The topological polar surface area (TPSA) is 76.0 Å². The first-order valence-electron chi connectivity index (χ1n) is 11.0. The summed E-state index contributed by atoms with van der Waals surface area (Å²) in [6.45, 7) is 13.2. The molecular weight excluding hydrogens is 364 g/mol. The first-order chi connectivity index (χ1) is 14.0. The molecule has 0 spiro atoms. The second-order valence-corrected chi connectivity index (χ2v) is 8.40. The fourth-order valence-corrected chi connectivity index (χ4v) is 3.64. The van der Waals surface area contributed by atoms with Crippen molar-refractivity contribution in [2.45, 2.75) is 40.2 Å². The number of nitrogens with zero attached hydrogens (tertiary/aromatic N) is 4. The predicted octanol–water partition coefficient (Wildman–Crippen LogP) is 1.93. The number of hydrogen-bond donors (Lipinski definition) is 3. The van der Waals surface area contributed by atoms with Gasteiger partial charge in [-0.2, -0.15) is 0 Å². The summed E-state index contributed by atoms with van der Waals surface area (Å²) in [7, 11) is 2.16. The van der Waals surface area contributed by atoms with Crippen LogP contribution >= 0.6 is 0 Å².